The molecule has 0 atom stereocenters. The van der Waals surface area contributed by atoms with E-state index in [1.165, 1.54) is 17.4 Å². The van der Waals surface area contributed by atoms with Crippen molar-refractivity contribution in [2.45, 2.75) is 13.0 Å². The highest BCUT2D eigenvalue weighted by molar-refractivity contribution is 7.90. The molecule has 0 bridgehead atoms. The van der Waals surface area contributed by atoms with E-state index in [9.17, 15) is 8.42 Å². The van der Waals surface area contributed by atoms with Gasteiger partial charge >= 0.3 is 0 Å². The molecule has 1 aliphatic heterocycles. The van der Waals surface area contributed by atoms with Crippen molar-refractivity contribution in [3.63, 3.8) is 0 Å². The van der Waals surface area contributed by atoms with Crippen LogP contribution in [0.4, 0.5) is 0 Å². The molecule has 1 aromatic carbocycles. The molecule has 112 valence electrons. The fourth-order valence-corrected chi connectivity index (χ4v) is 3.02. The molecule has 0 radical (unpaired) electrons. The molecule has 2 rings (SSSR count). The molecule has 0 N–H and O–H groups in total. The lowest BCUT2D eigenvalue weighted by Gasteiger charge is -2.29. The summed E-state index contributed by atoms with van der Waals surface area (Å²) in [4.78, 5) is 2.16. The first-order valence-electron chi connectivity index (χ1n) is 6.57. The maximum atomic E-state index is 11.2. The molecule has 1 aromatic rings. The number of hydrogen-bond donors (Lipinski definition) is 0. The van der Waals surface area contributed by atoms with Crippen molar-refractivity contribution in [3.8, 4) is 11.5 Å². The van der Waals surface area contributed by atoms with Gasteiger partial charge in [0, 0.05) is 25.9 Å². The van der Waals surface area contributed by atoms with Crippen molar-refractivity contribution in [1.29, 1.82) is 0 Å². The topological polar surface area (TPSA) is 55.8 Å². The summed E-state index contributed by atoms with van der Waals surface area (Å²) in [6.45, 7) is 2.20. The van der Waals surface area contributed by atoms with Crippen LogP contribution in [0, 0.1) is 0 Å². The average Bonchev–Trinajstić information content (AvgIpc) is 2.42. The summed E-state index contributed by atoms with van der Waals surface area (Å²) in [5, 5.41) is 0. The summed E-state index contributed by atoms with van der Waals surface area (Å²) in [7, 11) is 0.339. The molecule has 0 fully saturated rings. The SMILES string of the molecule is COc1cc2c(cc1OC)CN(CCS(C)(=O)=O)CC2. The van der Waals surface area contributed by atoms with E-state index in [-0.39, 0.29) is 5.75 Å². The van der Waals surface area contributed by atoms with Gasteiger partial charge in [-0.25, -0.2) is 8.42 Å². The zero-order valence-corrected chi connectivity index (χ0v) is 13.0. The molecule has 6 heteroatoms. The molecular formula is C14H21NO4S. The standard InChI is InChI=1S/C14H21NO4S/c1-18-13-8-11-4-5-15(6-7-20(3,16)17)10-12(11)9-14(13)19-2/h8-9H,4-7,10H2,1-3H3. The largest absolute Gasteiger partial charge is 0.493 e. The molecule has 0 unspecified atom stereocenters. The number of hydrogen-bond acceptors (Lipinski definition) is 5. The Morgan fingerprint density at radius 2 is 1.75 bits per heavy atom. The quantitative estimate of drug-likeness (QED) is 0.815. The first-order valence-corrected chi connectivity index (χ1v) is 8.63. The molecule has 0 aliphatic carbocycles. The Morgan fingerprint density at radius 1 is 1.15 bits per heavy atom. The summed E-state index contributed by atoms with van der Waals surface area (Å²) in [6, 6.07) is 4.00. The minimum atomic E-state index is -2.91. The molecule has 1 aliphatic rings. The normalized spacial score (nSPS) is 15.8. The minimum Gasteiger partial charge on any atom is -0.493 e. The summed E-state index contributed by atoms with van der Waals surface area (Å²) in [5.41, 5.74) is 2.43. The van der Waals surface area contributed by atoms with Crippen molar-refractivity contribution in [1.82, 2.24) is 4.90 Å². The van der Waals surface area contributed by atoms with Crippen molar-refractivity contribution >= 4 is 9.84 Å². The van der Waals surface area contributed by atoms with Crippen LogP contribution < -0.4 is 9.47 Å². The Bertz CT molecular complexity index is 583. The van der Waals surface area contributed by atoms with Gasteiger partial charge in [0.1, 0.15) is 9.84 Å². The second-order valence-corrected chi connectivity index (χ2v) is 7.39. The smallest absolute Gasteiger partial charge is 0.161 e. The maximum Gasteiger partial charge on any atom is 0.161 e. The van der Waals surface area contributed by atoms with E-state index in [1.807, 2.05) is 12.1 Å². The van der Waals surface area contributed by atoms with Crippen LogP contribution in [0.2, 0.25) is 0 Å². The van der Waals surface area contributed by atoms with Gasteiger partial charge in [-0.2, -0.15) is 0 Å². The molecule has 0 amide bonds. The van der Waals surface area contributed by atoms with Gasteiger partial charge in [0.25, 0.3) is 0 Å². The van der Waals surface area contributed by atoms with Crippen LogP contribution in [0.5, 0.6) is 11.5 Å². The number of sulfone groups is 1. The summed E-state index contributed by atoms with van der Waals surface area (Å²) >= 11 is 0. The number of ether oxygens (including phenoxy) is 2. The Balaban J connectivity index is 2.13. The highest BCUT2D eigenvalue weighted by Gasteiger charge is 2.20. The lowest BCUT2D eigenvalue weighted by atomic mass is 9.99. The van der Waals surface area contributed by atoms with E-state index in [2.05, 4.69) is 4.90 Å². The Hall–Kier alpha value is -1.27. The molecule has 0 saturated carbocycles. The first kappa shape index (κ1) is 15.1. The van der Waals surface area contributed by atoms with Gasteiger partial charge in [-0.1, -0.05) is 0 Å². The fourth-order valence-electron chi connectivity index (χ4n) is 2.43. The Kier molecular flexibility index (Phi) is 4.55. The van der Waals surface area contributed by atoms with Crippen molar-refractivity contribution < 1.29 is 17.9 Å². The van der Waals surface area contributed by atoms with Crippen molar-refractivity contribution in [3.05, 3.63) is 23.3 Å². The van der Waals surface area contributed by atoms with Crippen LogP contribution in [0.1, 0.15) is 11.1 Å². The first-order chi connectivity index (χ1) is 9.43. The number of nitrogens with zero attached hydrogens (tertiary/aromatic N) is 1. The summed E-state index contributed by atoms with van der Waals surface area (Å²) in [5.74, 6) is 1.67. The molecule has 5 nitrogen and oxygen atoms in total. The summed E-state index contributed by atoms with van der Waals surface area (Å²) in [6.07, 6.45) is 2.18. The number of methoxy groups -OCH3 is 2. The predicted octanol–water partition coefficient (Wildman–Crippen LogP) is 1.11. The van der Waals surface area contributed by atoms with Gasteiger partial charge in [-0.3, -0.25) is 4.90 Å². The van der Waals surface area contributed by atoms with E-state index in [4.69, 9.17) is 9.47 Å². The third-order valence-corrected chi connectivity index (χ3v) is 4.50. The lowest BCUT2D eigenvalue weighted by Crippen LogP contribution is -2.34. The van der Waals surface area contributed by atoms with Crippen LogP contribution in [-0.4, -0.2) is 52.6 Å². The average molecular weight is 299 g/mol. The second kappa shape index (κ2) is 6.01. The third-order valence-electron chi connectivity index (χ3n) is 3.58. The van der Waals surface area contributed by atoms with E-state index >= 15 is 0 Å². The van der Waals surface area contributed by atoms with Gasteiger partial charge in [0.2, 0.25) is 0 Å². The molecule has 1 heterocycles. The van der Waals surface area contributed by atoms with E-state index in [0.29, 0.717) is 6.54 Å². The Labute approximate surface area is 120 Å². The van der Waals surface area contributed by atoms with E-state index in [0.717, 1.165) is 31.0 Å². The van der Waals surface area contributed by atoms with Gasteiger partial charge in [0.15, 0.2) is 11.5 Å². The Morgan fingerprint density at radius 3 is 2.30 bits per heavy atom. The van der Waals surface area contributed by atoms with Gasteiger partial charge < -0.3 is 9.47 Å². The molecular weight excluding hydrogens is 278 g/mol. The number of rotatable bonds is 5. The van der Waals surface area contributed by atoms with E-state index in [1.54, 1.807) is 14.2 Å². The second-order valence-electron chi connectivity index (χ2n) is 5.13. The van der Waals surface area contributed by atoms with Crippen LogP contribution in [0.15, 0.2) is 12.1 Å². The highest BCUT2D eigenvalue weighted by Crippen LogP contribution is 2.33. The van der Waals surface area contributed by atoms with Crippen molar-refractivity contribution in [2.24, 2.45) is 0 Å². The molecule has 0 aromatic heterocycles. The maximum absolute atomic E-state index is 11.2. The number of benzene rings is 1. The minimum absolute atomic E-state index is 0.204. The van der Waals surface area contributed by atoms with Crippen LogP contribution >= 0.6 is 0 Å². The van der Waals surface area contributed by atoms with Crippen LogP contribution in [-0.2, 0) is 22.8 Å². The highest BCUT2D eigenvalue weighted by atomic mass is 32.2. The van der Waals surface area contributed by atoms with Crippen LogP contribution in [0.25, 0.3) is 0 Å². The molecule has 20 heavy (non-hydrogen) atoms. The summed E-state index contributed by atoms with van der Waals surface area (Å²) < 4.78 is 33.1. The molecule has 0 spiro atoms. The van der Waals surface area contributed by atoms with Gasteiger partial charge in [0.05, 0.1) is 20.0 Å². The fraction of sp³-hybridized carbons (Fsp3) is 0.571. The zero-order valence-electron chi connectivity index (χ0n) is 12.2. The zero-order chi connectivity index (χ0) is 14.8. The lowest BCUT2D eigenvalue weighted by molar-refractivity contribution is 0.267. The van der Waals surface area contributed by atoms with E-state index < -0.39 is 9.84 Å². The monoisotopic (exact) mass is 299 g/mol. The third kappa shape index (κ3) is 3.64. The van der Waals surface area contributed by atoms with Gasteiger partial charge in [-0.15, -0.1) is 0 Å². The predicted molar refractivity (Wildman–Crippen MR) is 78.2 cm³/mol. The van der Waals surface area contributed by atoms with Gasteiger partial charge in [-0.05, 0) is 29.7 Å². The molecule has 0 saturated heterocycles. The van der Waals surface area contributed by atoms with Crippen molar-refractivity contribution in [2.75, 3.05) is 39.3 Å². The van der Waals surface area contributed by atoms with Crippen LogP contribution in [0.3, 0.4) is 0 Å². The number of fused-ring (bicyclic) bond motifs is 1.